The van der Waals surface area contributed by atoms with Crippen molar-refractivity contribution in [3.05, 3.63) is 157 Å². The van der Waals surface area contributed by atoms with Gasteiger partial charge in [-0.3, -0.25) is 4.99 Å². The van der Waals surface area contributed by atoms with Gasteiger partial charge in [-0.2, -0.15) is 0 Å². The van der Waals surface area contributed by atoms with Crippen molar-refractivity contribution in [2.24, 2.45) is 4.99 Å². The predicted molar refractivity (Wildman–Crippen MR) is 250 cm³/mol. The van der Waals surface area contributed by atoms with Gasteiger partial charge in [0.2, 0.25) is 0 Å². The molecule has 9 rings (SSSR count). The number of aliphatic imine (C=N–C) groups is 1. The van der Waals surface area contributed by atoms with E-state index in [1.54, 1.807) is 0 Å². The predicted octanol–water partition coefficient (Wildman–Crippen LogP) is 4.58. The second kappa shape index (κ2) is 13.6. The maximum atomic E-state index is 5.03. The van der Waals surface area contributed by atoms with Gasteiger partial charge in [-0.05, 0) is 102 Å². The first-order valence-corrected chi connectivity index (χ1v) is 19.3. The Morgan fingerprint density at radius 2 is 0.963 bits per heavy atom. The van der Waals surface area contributed by atoms with Gasteiger partial charge in [0.05, 0.1) is 5.69 Å². The Labute approximate surface area is 323 Å². The quantitative estimate of drug-likeness (QED) is 0.180. The van der Waals surface area contributed by atoms with Crippen LogP contribution in [0.2, 0.25) is 0 Å². The lowest BCUT2D eigenvalue weighted by atomic mass is 9.59. The van der Waals surface area contributed by atoms with E-state index < -0.39 is 0 Å². The average Bonchev–Trinajstić information content (AvgIpc) is 3.60. The molecule has 0 saturated heterocycles. The Hall–Kier alpha value is -5.73. The highest BCUT2D eigenvalue weighted by molar-refractivity contribution is 6.68. The van der Waals surface area contributed by atoms with Crippen LogP contribution in [0.1, 0.15) is 30.4 Å². The van der Waals surface area contributed by atoms with E-state index in [9.17, 15) is 0 Å². The molecule has 0 N–H and O–H groups in total. The molecule has 6 heteroatoms. The van der Waals surface area contributed by atoms with E-state index >= 15 is 0 Å². The molecule has 1 nitrogen and oxygen atoms in total. The maximum absolute atomic E-state index is 5.03. The molecular formula is C48H40B5N. The minimum atomic E-state index is 0.190. The lowest BCUT2D eigenvalue weighted by Crippen LogP contribution is -2.55. The largest absolute Gasteiger partial charge is 0.257 e. The van der Waals surface area contributed by atoms with Crippen LogP contribution < -0.4 is 27.3 Å². The third-order valence-corrected chi connectivity index (χ3v) is 12.3. The second-order valence-electron chi connectivity index (χ2n) is 15.1. The fourth-order valence-corrected chi connectivity index (χ4v) is 9.13. The molecule has 1 aliphatic rings. The van der Waals surface area contributed by atoms with Crippen molar-refractivity contribution in [1.29, 1.82) is 0 Å². The van der Waals surface area contributed by atoms with Crippen molar-refractivity contribution in [3.63, 3.8) is 0 Å². The minimum Gasteiger partial charge on any atom is -0.257 e. The molecule has 1 atom stereocenters. The fourth-order valence-electron chi connectivity index (χ4n) is 9.13. The van der Waals surface area contributed by atoms with E-state index in [2.05, 4.69) is 192 Å². The lowest BCUT2D eigenvalue weighted by Gasteiger charge is -2.22. The van der Waals surface area contributed by atoms with E-state index in [0.29, 0.717) is 0 Å². The Morgan fingerprint density at radius 1 is 0.426 bits per heavy atom. The van der Waals surface area contributed by atoms with Gasteiger partial charge in [0, 0.05) is 11.6 Å². The first-order valence-electron chi connectivity index (χ1n) is 19.3. The molecular weight excluding hydrogens is 645 g/mol. The van der Waals surface area contributed by atoms with Crippen LogP contribution in [0.25, 0.3) is 66.1 Å². The van der Waals surface area contributed by atoms with Gasteiger partial charge in [0.15, 0.2) is 0 Å². The van der Waals surface area contributed by atoms with Crippen LogP contribution in [0.5, 0.6) is 0 Å². The van der Waals surface area contributed by atoms with Crippen LogP contribution in [-0.4, -0.2) is 44.9 Å². The van der Waals surface area contributed by atoms with Gasteiger partial charge in [-0.25, -0.2) is 0 Å². The molecule has 54 heavy (non-hydrogen) atoms. The van der Waals surface area contributed by atoms with E-state index in [1.165, 1.54) is 110 Å². The molecule has 1 unspecified atom stereocenters. The van der Waals surface area contributed by atoms with Crippen LogP contribution in [0.4, 0.5) is 5.69 Å². The third kappa shape index (κ3) is 5.50. The molecule has 0 amide bonds. The van der Waals surface area contributed by atoms with Crippen molar-refractivity contribution in [1.82, 2.24) is 0 Å². The monoisotopic (exact) mass is 685 g/mol. The summed E-state index contributed by atoms with van der Waals surface area (Å²) < 4.78 is 0. The normalized spacial score (nSPS) is 13.6. The van der Waals surface area contributed by atoms with Gasteiger partial charge in [0.1, 0.15) is 39.2 Å². The van der Waals surface area contributed by atoms with Crippen LogP contribution in [-0.2, 0) is 0 Å². The molecule has 0 aliphatic carbocycles. The van der Waals surface area contributed by atoms with E-state index in [1.807, 2.05) is 0 Å². The Balaban J connectivity index is 1.26. The highest BCUT2D eigenvalue weighted by Gasteiger charge is 2.27. The van der Waals surface area contributed by atoms with E-state index in [-0.39, 0.29) is 5.92 Å². The maximum Gasteiger partial charge on any atom is 0.139 e. The number of fused-ring (bicyclic) bond motifs is 3. The van der Waals surface area contributed by atoms with Gasteiger partial charge in [0.25, 0.3) is 0 Å². The van der Waals surface area contributed by atoms with Crippen molar-refractivity contribution >= 4 is 99.5 Å². The summed E-state index contributed by atoms with van der Waals surface area (Å²) in [5.74, 6) is 0.190. The number of para-hydroxylation sites is 1. The minimum absolute atomic E-state index is 0.190. The smallest absolute Gasteiger partial charge is 0.139 e. The SMILES string of the molecule is Bc1c(B)c(B)c(-c2ccc3c(-c4cccc(-c5cccc(C6C(CC)=Nc7ccccc76)c5)c4)c4ccccc4c(-c4ccccc4)c3c2)c(B)c1B. The number of nitrogens with zero attached hydrogens (tertiary/aromatic N) is 1. The molecule has 8 aromatic rings. The molecule has 252 valence electrons. The molecule has 0 bridgehead atoms. The van der Waals surface area contributed by atoms with Crippen LogP contribution >= 0.6 is 0 Å². The van der Waals surface area contributed by atoms with E-state index in [0.717, 1.165) is 12.1 Å². The highest BCUT2D eigenvalue weighted by Crippen LogP contribution is 2.46. The van der Waals surface area contributed by atoms with Gasteiger partial charge < -0.3 is 0 Å². The zero-order valence-corrected chi connectivity index (χ0v) is 32.1. The molecule has 0 fully saturated rings. The van der Waals surface area contributed by atoms with Crippen molar-refractivity contribution in [2.75, 3.05) is 0 Å². The number of hydrogen-bond donors (Lipinski definition) is 0. The Bertz CT molecular complexity index is 2790. The summed E-state index contributed by atoms with van der Waals surface area (Å²) in [5.41, 5.74) is 21.9. The van der Waals surface area contributed by atoms with Gasteiger partial charge >= 0.3 is 0 Å². The Morgan fingerprint density at radius 3 is 1.69 bits per heavy atom. The number of rotatable bonds is 6. The molecule has 0 radical (unpaired) electrons. The second-order valence-corrected chi connectivity index (χ2v) is 15.1. The molecule has 8 aromatic carbocycles. The van der Waals surface area contributed by atoms with Crippen LogP contribution in [0.3, 0.4) is 0 Å². The summed E-state index contributed by atoms with van der Waals surface area (Å²) in [6.07, 6.45) is 0.933. The zero-order chi connectivity index (χ0) is 37.1. The molecule has 1 heterocycles. The average molecular weight is 685 g/mol. The molecule has 0 spiro atoms. The molecule has 0 aromatic heterocycles. The first kappa shape index (κ1) is 34.1. The third-order valence-electron chi connectivity index (χ3n) is 12.3. The van der Waals surface area contributed by atoms with Crippen molar-refractivity contribution in [3.8, 4) is 44.5 Å². The summed E-state index contributed by atoms with van der Waals surface area (Å²) in [6, 6.07) is 54.1. The first-order chi connectivity index (χ1) is 26.3. The zero-order valence-electron chi connectivity index (χ0n) is 32.1. The van der Waals surface area contributed by atoms with Crippen molar-refractivity contribution in [2.45, 2.75) is 19.3 Å². The highest BCUT2D eigenvalue weighted by atomic mass is 14.8. The fraction of sp³-hybridized carbons (Fsp3) is 0.0625. The summed E-state index contributed by atoms with van der Waals surface area (Å²) >= 11 is 0. The van der Waals surface area contributed by atoms with Crippen LogP contribution in [0, 0.1) is 0 Å². The summed E-state index contributed by atoms with van der Waals surface area (Å²) in [4.78, 5) is 5.03. The van der Waals surface area contributed by atoms with Crippen molar-refractivity contribution < 1.29 is 0 Å². The van der Waals surface area contributed by atoms with Crippen LogP contribution in [0.15, 0.2) is 151 Å². The summed E-state index contributed by atoms with van der Waals surface area (Å²) in [6.45, 7) is 2.22. The van der Waals surface area contributed by atoms with Gasteiger partial charge in [-0.1, -0.05) is 145 Å². The lowest BCUT2D eigenvalue weighted by molar-refractivity contribution is 1.07. The number of benzene rings is 8. The molecule has 1 aliphatic heterocycles. The topological polar surface area (TPSA) is 12.4 Å². The van der Waals surface area contributed by atoms with Gasteiger partial charge in [-0.15, -0.1) is 16.4 Å². The summed E-state index contributed by atoms with van der Waals surface area (Å²) in [5, 5.41) is 5.08. The summed E-state index contributed by atoms with van der Waals surface area (Å²) in [7, 11) is 11.4. The standard InChI is InChI=1S/C48H40B5N/c1-2-38-42(36-20-8-9-21-39(36)54-38)31-17-11-15-29(25-31)28-14-10-16-30(24-28)41-34-19-7-6-18-33(34)40(27-12-4-3-5-13-27)37-26-32(22-23-35(37)41)43-44(49)46(51)48(53)47(52)45(43)50/h3-26,42H,2,49-53H2,1H3. The Kier molecular flexibility index (Phi) is 8.58. The number of hydrogen-bond acceptors (Lipinski definition) is 1. The van der Waals surface area contributed by atoms with E-state index in [4.69, 9.17) is 4.99 Å². The molecule has 0 saturated carbocycles.